The van der Waals surface area contributed by atoms with E-state index in [9.17, 15) is 4.79 Å². The van der Waals surface area contributed by atoms with Gasteiger partial charge in [-0.15, -0.1) is 10.2 Å². The molecule has 1 N–H and O–H groups in total. The van der Waals surface area contributed by atoms with Gasteiger partial charge in [-0.05, 0) is 46.0 Å². The molecule has 1 heterocycles. The van der Waals surface area contributed by atoms with Gasteiger partial charge in [0, 0.05) is 26.7 Å². The maximum atomic E-state index is 11.7. The number of nitrogens with one attached hydrogen (secondary N) is 1. The zero-order chi connectivity index (χ0) is 15.1. The summed E-state index contributed by atoms with van der Waals surface area (Å²) in [5, 5.41) is 11.1. The molecule has 0 saturated carbocycles. The van der Waals surface area contributed by atoms with Crippen LogP contribution in [0.3, 0.4) is 0 Å². The second-order valence-corrected chi connectivity index (χ2v) is 5.36. The first-order valence-electron chi connectivity index (χ1n) is 6.91. The van der Waals surface area contributed by atoms with Crippen LogP contribution < -0.4 is 5.32 Å². The van der Waals surface area contributed by atoms with Gasteiger partial charge in [0.15, 0.2) is 5.69 Å². The van der Waals surface area contributed by atoms with E-state index in [0.29, 0.717) is 17.6 Å². The fraction of sp³-hybridized carbons (Fsp3) is 0.643. The number of hydrogen-bond acceptors (Lipinski definition) is 5. The molecule has 6 nitrogen and oxygen atoms in total. The highest BCUT2D eigenvalue weighted by atomic mass is 16.2. The molecule has 0 aromatic carbocycles. The van der Waals surface area contributed by atoms with Crippen molar-refractivity contribution in [2.24, 2.45) is 0 Å². The topological polar surface area (TPSA) is 61.4 Å². The molecule has 0 fully saturated rings. The molecule has 0 aliphatic heterocycles. The molecule has 1 rings (SSSR count). The number of anilines is 1. The van der Waals surface area contributed by atoms with E-state index in [-0.39, 0.29) is 5.91 Å². The fourth-order valence-corrected chi connectivity index (χ4v) is 1.57. The molecule has 0 saturated heterocycles. The summed E-state index contributed by atoms with van der Waals surface area (Å²) in [4.78, 5) is 15.4. The third kappa shape index (κ3) is 5.13. The minimum absolute atomic E-state index is 0.136. The van der Waals surface area contributed by atoms with E-state index in [1.807, 2.05) is 0 Å². The van der Waals surface area contributed by atoms with E-state index in [4.69, 9.17) is 0 Å². The number of carbonyl (C=O) groups excluding carboxylic acids is 1. The van der Waals surface area contributed by atoms with Gasteiger partial charge in [-0.3, -0.25) is 4.79 Å². The van der Waals surface area contributed by atoms with Crippen molar-refractivity contribution in [1.82, 2.24) is 20.0 Å². The van der Waals surface area contributed by atoms with Gasteiger partial charge in [0.25, 0.3) is 5.91 Å². The largest absolute Gasteiger partial charge is 0.369 e. The van der Waals surface area contributed by atoms with Crippen LogP contribution in [0.2, 0.25) is 0 Å². The standard InChI is InChI=1S/C14H25N5O/c1-11(2)19(5)10-6-9-15-13-8-7-12(16-17-13)14(20)18(3)4/h7-8,11H,6,9-10H2,1-5H3,(H,15,17). The Morgan fingerprint density at radius 1 is 1.25 bits per heavy atom. The Labute approximate surface area is 121 Å². The van der Waals surface area contributed by atoms with E-state index in [2.05, 4.69) is 41.3 Å². The quantitative estimate of drug-likeness (QED) is 0.763. The average Bonchev–Trinajstić information content (AvgIpc) is 2.43. The van der Waals surface area contributed by atoms with Crippen molar-refractivity contribution in [2.75, 3.05) is 39.5 Å². The van der Waals surface area contributed by atoms with Crippen LogP contribution in [0.25, 0.3) is 0 Å². The lowest BCUT2D eigenvalue weighted by atomic mass is 10.3. The van der Waals surface area contributed by atoms with Crippen LogP contribution in [0, 0.1) is 0 Å². The van der Waals surface area contributed by atoms with E-state index in [1.165, 1.54) is 4.90 Å². The van der Waals surface area contributed by atoms with Crippen molar-refractivity contribution in [3.05, 3.63) is 17.8 Å². The number of aromatic nitrogens is 2. The van der Waals surface area contributed by atoms with E-state index in [0.717, 1.165) is 19.5 Å². The Kier molecular flexibility index (Phi) is 6.38. The first-order chi connectivity index (χ1) is 9.41. The third-order valence-electron chi connectivity index (χ3n) is 3.17. The molecule has 0 unspecified atom stereocenters. The van der Waals surface area contributed by atoms with Crippen molar-refractivity contribution in [1.29, 1.82) is 0 Å². The number of rotatable bonds is 7. The van der Waals surface area contributed by atoms with E-state index < -0.39 is 0 Å². The summed E-state index contributed by atoms with van der Waals surface area (Å²) < 4.78 is 0. The summed E-state index contributed by atoms with van der Waals surface area (Å²) in [6.07, 6.45) is 1.04. The van der Waals surface area contributed by atoms with Gasteiger partial charge >= 0.3 is 0 Å². The molecule has 0 aliphatic carbocycles. The maximum absolute atomic E-state index is 11.7. The minimum atomic E-state index is -0.136. The van der Waals surface area contributed by atoms with Crippen molar-refractivity contribution in [3.8, 4) is 0 Å². The normalized spacial score (nSPS) is 10.9. The molecule has 112 valence electrons. The van der Waals surface area contributed by atoms with Crippen LogP contribution in [0.15, 0.2) is 12.1 Å². The summed E-state index contributed by atoms with van der Waals surface area (Å²) in [6, 6.07) is 4.04. The van der Waals surface area contributed by atoms with E-state index in [1.54, 1.807) is 26.2 Å². The smallest absolute Gasteiger partial charge is 0.273 e. The Hall–Kier alpha value is -1.69. The summed E-state index contributed by atoms with van der Waals surface area (Å²) in [5.74, 6) is 0.565. The predicted molar refractivity (Wildman–Crippen MR) is 80.9 cm³/mol. The number of hydrogen-bond donors (Lipinski definition) is 1. The average molecular weight is 279 g/mol. The summed E-state index contributed by atoms with van der Waals surface area (Å²) in [5.41, 5.74) is 0.361. The van der Waals surface area contributed by atoms with Gasteiger partial charge in [-0.25, -0.2) is 0 Å². The molecular weight excluding hydrogens is 254 g/mol. The van der Waals surface area contributed by atoms with Gasteiger partial charge in [0.05, 0.1) is 0 Å². The Bertz CT molecular complexity index is 416. The molecule has 0 aliphatic rings. The zero-order valence-electron chi connectivity index (χ0n) is 13.1. The second-order valence-electron chi connectivity index (χ2n) is 5.36. The van der Waals surface area contributed by atoms with Gasteiger partial charge in [-0.2, -0.15) is 0 Å². The van der Waals surface area contributed by atoms with Gasteiger partial charge in [0.2, 0.25) is 0 Å². The van der Waals surface area contributed by atoms with E-state index >= 15 is 0 Å². The van der Waals surface area contributed by atoms with Gasteiger partial charge in [-0.1, -0.05) is 0 Å². The van der Waals surface area contributed by atoms with Crippen molar-refractivity contribution < 1.29 is 4.79 Å². The van der Waals surface area contributed by atoms with Crippen LogP contribution in [0.4, 0.5) is 5.82 Å². The molecule has 0 spiro atoms. The third-order valence-corrected chi connectivity index (χ3v) is 3.17. The zero-order valence-corrected chi connectivity index (χ0v) is 13.1. The highest BCUT2D eigenvalue weighted by molar-refractivity contribution is 5.91. The van der Waals surface area contributed by atoms with Crippen LogP contribution in [0.1, 0.15) is 30.8 Å². The maximum Gasteiger partial charge on any atom is 0.273 e. The molecule has 1 aromatic rings. The monoisotopic (exact) mass is 279 g/mol. The number of amides is 1. The first kappa shape index (κ1) is 16.4. The molecule has 0 radical (unpaired) electrons. The van der Waals surface area contributed by atoms with Crippen molar-refractivity contribution in [3.63, 3.8) is 0 Å². The summed E-state index contributed by atoms with van der Waals surface area (Å²) in [6.45, 7) is 6.24. The summed E-state index contributed by atoms with van der Waals surface area (Å²) in [7, 11) is 5.51. The minimum Gasteiger partial charge on any atom is -0.369 e. The SMILES string of the molecule is CC(C)N(C)CCCNc1ccc(C(=O)N(C)C)nn1. The highest BCUT2D eigenvalue weighted by Crippen LogP contribution is 2.04. The lowest BCUT2D eigenvalue weighted by Crippen LogP contribution is -2.28. The predicted octanol–water partition coefficient (Wildman–Crippen LogP) is 1.32. The van der Waals surface area contributed by atoms with Gasteiger partial charge in [0.1, 0.15) is 5.82 Å². The van der Waals surface area contributed by atoms with Crippen molar-refractivity contribution >= 4 is 11.7 Å². The first-order valence-corrected chi connectivity index (χ1v) is 6.91. The molecule has 1 aromatic heterocycles. The van der Waals surface area contributed by atoms with Crippen LogP contribution in [-0.4, -0.2) is 66.2 Å². The Balaban J connectivity index is 2.37. The summed E-state index contributed by atoms with van der Waals surface area (Å²) >= 11 is 0. The van der Waals surface area contributed by atoms with Crippen molar-refractivity contribution in [2.45, 2.75) is 26.3 Å². The Morgan fingerprint density at radius 3 is 2.45 bits per heavy atom. The van der Waals surface area contributed by atoms with Crippen LogP contribution in [-0.2, 0) is 0 Å². The Morgan fingerprint density at radius 2 is 1.95 bits per heavy atom. The molecular formula is C14H25N5O. The number of carbonyl (C=O) groups is 1. The molecule has 20 heavy (non-hydrogen) atoms. The van der Waals surface area contributed by atoms with Crippen LogP contribution in [0.5, 0.6) is 0 Å². The lowest BCUT2D eigenvalue weighted by Gasteiger charge is -2.20. The molecule has 6 heteroatoms. The molecule has 1 amide bonds. The molecule has 0 bridgehead atoms. The lowest BCUT2D eigenvalue weighted by molar-refractivity contribution is 0.0821. The molecule has 0 atom stereocenters. The fourth-order valence-electron chi connectivity index (χ4n) is 1.57. The second kappa shape index (κ2) is 7.79. The number of nitrogens with zero attached hydrogens (tertiary/aromatic N) is 4. The van der Waals surface area contributed by atoms with Gasteiger partial charge < -0.3 is 15.1 Å². The highest BCUT2D eigenvalue weighted by Gasteiger charge is 2.09. The van der Waals surface area contributed by atoms with Crippen LogP contribution >= 0.6 is 0 Å².